The number of amides is 2. The first-order valence-electron chi connectivity index (χ1n) is 8.50. The zero-order valence-electron chi connectivity index (χ0n) is 15.5. The molecule has 0 aliphatic rings. The van der Waals surface area contributed by atoms with E-state index < -0.39 is 30.4 Å². The number of carbonyl (C=O) groups excluding carboxylic acids is 2. The Labute approximate surface area is 158 Å². The predicted octanol–water partition coefficient (Wildman–Crippen LogP) is 0.0329. The summed E-state index contributed by atoms with van der Waals surface area (Å²) >= 11 is 0. The molecule has 8 nitrogen and oxygen atoms in total. The predicted molar refractivity (Wildman–Crippen MR) is 101 cm³/mol. The van der Waals surface area contributed by atoms with Crippen LogP contribution in [0.1, 0.15) is 35.5 Å². The van der Waals surface area contributed by atoms with E-state index in [2.05, 4.69) is 20.6 Å². The topological polar surface area (TPSA) is 124 Å². The molecule has 0 radical (unpaired) electrons. The number of carbonyl (C=O) groups is 2. The van der Waals surface area contributed by atoms with Gasteiger partial charge in [-0.1, -0.05) is 29.8 Å². The summed E-state index contributed by atoms with van der Waals surface area (Å²) in [7, 11) is -1.75. The number of nitrogens with one attached hydrogen (secondary N) is 2. The lowest BCUT2D eigenvalue weighted by Gasteiger charge is -2.28. The Balaban J connectivity index is 2.05. The fourth-order valence-corrected chi connectivity index (χ4v) is 2.49. The van der Waals surface area contributed by atoms with Gasteiger partial charge in [0.25, 0.3) is 5.91 Å². The first-order valence-corrected chi connectivity index (χ1v) is 8.50. The Hall–Kier alpha value is -2.78. The number of benzene rings is 1. The fraction of sp³-hybridized carbons (Fsp3) is 0.333. The van der Waals surface area contributed by atoms with Crippen molar-refractivity contribution >= 4 is 18.9 Å². The second-order valence-corrected chi connectivity index (χ2v) is 6.86. The van der Waals surface area contributed by atoms with Gasteiger partial charge in [0.15, 0.2) is 0 Å². The van der Waals surface area contributed by atoms with Crippen molar-refractivity contribution in [2.45, 2.75) is 38.7 Å². The highest BCUT2D eigenvalue weighted by Gasteiger charge is 2.34. The summed E-state index contributed by atoms with van der Waals surface area (Å²) in [6.07, 6.45) is 4.34. The summed E-state index contributed by atoms with van der Waals surface area (Å²) in [5, 5.41) is 24.5. The second-order valence-electron chi connectivity index (χ2n) is 6.86. The molecule has 2 aromatic rings. The molecule has 0 unspecified atom stereocenters. The summed E-state index contributed by atoms with van der Waals surface area (Å²) in [5.74, 6) is -2.03. The molecule has 0 spiro atoms. The van der Waals surface area contributed by atoms with Crippen molar-refractivity contribution in [3.63, 3.8) is 0 Å². The number of aryl methyl sites for hydroxylation is 1. The highest BCUT2D eigenvalue weighted by atomic mass is 16.4. The second kappa shape index (κ2) is 8.74. The lowest BCUT2D eigenvalue weighted by atomic mass is 9.75. The van der Waals surface area contributed by atoms with Crippen molar-refractivity contribution in [1.29, 1.82) is 0 Å². The minimum atomic E-state index is -1.75. The van der Waals surface area contributed by atoms with Gasteiger partial charge < -0.3 is 20.7 Å². The molecule has 142 valence electrons. The molecule has 0 saturated heterocycles. The molecule has 9 heteroatoms. The Kier molecular flexibility index (Phi) is 6.65. The molecule has 0 aliphatic heterocycles. The van der Waals surface area contributed by atoms with Crippen molar-refractivity contribution in [1.82, 2.24) is 20.6 Å². The van der Waals surface area contributed by atoms with Gasteiger partial charge in [-0.15, -0.1) is 0 Å². The van der Waals surface area contributed by atoms with Crippen LogP contribution in [-0.4, -0.2) is 50.4 Å². The van der Waals surface area contributed by atoms with Crippen LogP contribution in [0.5, 0.6) is 0 Å². The van der Waals surface area contributed by atoms with Gasteiger partial charge in [0, 0.05) is 12.4 Å². The van der Waals surface area contributed by atoms with Gasteiger partial charge in [0.2, 0.25) is 5.91 Å². The van der Waals surface area contributed by atoms with Crippen LogP contribution in [0.4, 0.5) is 0 Å². The summed E-state index contributed by atoms with van der Waals surface area (Å²) in [6.45, 7) is 4.96. The molecule has 1 aromatic heterocycles. The minimum absolute atomic E-state index is 0.0804. The van der Waals surface area contributed by atoms with E-state index in [-0.39, 0.29) is 12.1 Å². The zero-order chi connectivity index (χ0) is 20.0. The third kappa shape index (κ3) is 5.87. The summed E-state index contributed by atoms with van der Waals surface area (Å²) in [4.78, 5) is 32.5. The maximum absolute atomic E-state index is 12.6. The van der Waals surface area contributed by atoms with Crippen molar-refractivity contribution in [3.05, 3.63) is 59.7 Å². The maximum atomic E-state index is 12.6. The van der Waals surface area contributed by atoms with Crippen LogP contribution in [0.3, 0.4) is 0 Å². The van der Waals surface area contributed by atoms with E-state index in [0.29, 0.717) is 0 Å². The molecule has 1 heterocycles. The summed E-state index contributed by atoms with van der Waals surface area (Å²) in [6, 6.07) is 7.54. The molecule has 0 saturated carbocycles. The third-order valence-corrected chi connectivity index (χ3v) is 4.00. The molecule has 2 rings (SSSR count). The molecule has 4 N–H and O–H groups in total. The highest BCUT2D eigenvalue weighted by Crippen LogP contribution is 2.10. The van der Waals surface area contributed by atoms with E-state index in [1.807, 2.05) is 31.2 Å². The van der Waals surface area contributed by atoms with Crippen LogP contribution in [0.15, 0.2) is 42.9 Å². The van der Waals surface area contributed by atoms with Crippen LogP contribution in [0, 0.1) is 6.92 Å². The molecule has 0 bridgehead atoms. The van der Waals surface area contributed by atoms with E-state index in [1.165, 1.54) is 32.4 Å². The third-order valence-electron chi connectivity index (χ3n) is 4.00. The van der Waals surface area contributed by atoms with Crippen LogP contribution in [0.25, 0.3) is 0 Å². The van der Waals surface area contributed by atoms with E-state index >= 15 is 0 Å². The Morgan fingerprint density at radius 2 is 2.00 bits per heavy atom. The average molecular weight is 370 g/mol. The SMILES string of the molecule is Cc1cccc(C[C@H](NC(=O)C(C)(C)NC(=O)c2cnccn2)B(O)O)c1. The molecule has 1 aromatic carbocycles. The van der Waals surface area contributed by atoms with Crippen LogP contribution in [0.2, 0.25) is 0 Å². The molecular formula is C18H23BN4O4. The largest absolute Gasteiger partial charge is 0.475 e. The van der Waals surface area contributed by atoms with Gasteiger partial charge in [-0.25, -0.2) is 4.98 Å². The van der Waals surface area contributed by atoms with Crippen molar-refractivity contribution < 1.29 is 19.6 Å². The molecule has 1 atom stereocenters. The van der Waals surface area contributed by atoms with Crippen LogP contribution < -0.4 is 10.6 Å². The van der Waals surface area contributed by atoms with Gasteiger partial charge in [-0.2, -0.15) is 0 Å². The van der Waals surface area contributed by atoms with E-state index in [1.54, 1.807) is 0 Å². The average Bonchev–Trinajstić information content (AvgIpc) is 2.61. The van der Waals surface area contributed by atoms with Crippen LogP contribution in [-0.2, 0) is 11.2 Å². The van der Waals surface area contributed by atoms with Gasteiger partial charge in [0.1, 0.15) is 11.2 Å². The smallest absolute Gasteiger partial charge is 0.426 e. The molecular weight excluding hydrogens is 347 g/mol. The fourth-order valence-electron chi connectivity index (χ4n) is 2.49. The van der Waals surface area contributed by atoms with Gasteiger partial charge in [-0.3, -0.25) is 14.6 Å². The lowest BCUT2D eigenvalue weighted by molar-refractivity contribution is -0.126. The van der Waals surface area contributed by atoms with Crippen molar-refractivity contribution in [2.75, 3.05) is 0 Å². The zero-order valence-corrected chi connectivity index (χ0v) is 15.5. The molecule has 2 amide bonds. The first kappa shape index (κ1) is 20.5. The Morgan fingerprint density at radius 1 is 1.26 bits per heavy atom. The normalized spacial score (nSPS) is 12.2. The van der Waals surface area contributed by atoms with E-state index in [9.17, 15) is 19.6 Å². The Morgan fingerprint density at radius 3 is 2.59 bits per heavy atom. The number of nitrogens with zero attached hydrogens (tertiary/aromatic N) is 2. The van der Waals surface area contributed by atoms with E-state index in [0.717, 1.165) is 11.1 Å². The molecule has 27 heavy (non-hydrogen) atoms. The van der Waals surface area contributed by atoms with E-state index in [4.69, 9.17) is 0 Å². The number of hydrogen-bond donors (Lipinski definition) is 4. The first-order chi connectivity index (χ1) is 12.7. The quantitative estimate of drug-likeness (QED) is 0.510. The lowest BCUT2D eigenvalue weighted by Crippen LogP contribution is -2.59. The monoisotopic (exact) mass is 370 g/mol. The van der Waals surface area contributed by atoms with Crippen LogP contribution >= 0.6 is 0 Å². The van der Waals surface area contributed by atoms with Gasteiger partial charge >= 0.3 is 7.12 Å². The Bertz CT molecular complexity index is 799. The molecule has 0 aliphatic carbocycles. The number of aromatic nitrogens is 2. The minimum Gasteiger partial charge on any atom is -0.426 e. The number of hydrogen-bond acceptors (Lipinski definition) is 6. The van der Waals surface area contributed by atoms with Crippen molar-refractivity contribution in [2.24, 2.45) is 0 Å². The van der Waals surface area contributed by atoms with Gasteiger partial charge in [-0.05, 0) is 32.8 Å². The summed E-state index contributed by atoms with van der Waals surface area (Å²) in [5.41, 5.74) is 0.669. The standard InChI is InChI=1S/C18H23BN4O4/c1-12-5-4-6-13(9-12)10-15(19(26)27)22-17(25)18(2,3)23-16(24)14-11-20-7-8-21-14/h4-9,11,15,26-27H,10H2,1-3H3,(H,22,25)(H,23,24)/t15-/m0/s1. The van der Waals surface area contributed by atoms with Crippen molar-refractivity contribution in [3.8, 4) is 0 Å². The molecule has 0 fully saturated rings. The number of rotatable bonds is 7. The maximum Gasteiger partial charge on any atom is 0.475 e. The summed E-state index contributed by atoms with van der Waals surface area (Å²) < 4.78 is 0. The highest BCUT2D eigenvalue weighted by molar-refractivity contribution is 6.43. The van der Waals surface area contributed by atoms with Gasteiger partial charge in [0.05, 0.1) is 12.1 Å².